The van der Waals surface area contributed by atoms with Crippen molar-refractivity contribution in [1.29, 1.82) is 0 Å². The summed E-state index contributed by atoms with van der Waals surface area (Å²) in [4.78, 5) is 14.6. The van der Waals surface area contributed by atoms with Crippen LogP contribution in [0.5, 0.6) is 5.75 Å². The number of amides is 1. The molecule has 0 fully saturated rings. The molecule has 7 heteroatoms. The highest BCUT2D eigenvalue weighted by Gasteiger charge is 2.21. The summed E-state index contributed by atoms with van der Waals surface area (Å²) in [6.45, 7) is 4.65. The Kier molecular flexibility index (Phi) is 7.53. The minimum atomic E-state index is -3.87. The van der Waals surface area contributed by atoms with Crippen LogP contribution in [-0.4, -0.2) is 39.4 Å². The first kappa shape index (κ1) is 23.3. The third-order valence-electron chi connectivity index (χ3n) is 5.07. The van der Waals surface area contributed by atoms with Crippen molar-refractivity contribution in [3.63, 3.8) is 0 Å². The largest absolute Gasteiger partial charge is 0.494 e. The lowest BCUT2D eigenvalue weighted by Crippen LogP contribution is -2.29. The summed E-state index contributed by atoms with van der Waals surface area (Å²) in [5.74, 6) is 0.441. The van der Waals surface area contributed by atoms with E-state index in [4.69, 9.17) is 4.74 Å². The summed E-state index contributed by atoms with van der Waals surface area (Å²) in [5, 5.41) is 0. The number of nitrogens with one attached hydrogen (secondary N) is 1. The van der Waals surface area contributed by atoms with E-state index in [-0.39, 0.29) is 10.8 Å². The van der Waals surface area contributed by atoms with Crippen LogP contribution >= 0.6 is 0 Å². The summed E-state index contributed by atoms with van der Waals surface area (Å²) in [6, 6.07) is 21.4. The van der Waals surface area contributed by atoms with Crippen molar-refractivity contribution in [3.8, 4) is 5.75 Å². The number of anilines is 1. The average molecular weight is 453 g/mol. The Morgan fingerprint density at radius 1 is 1.00 bits per heavy atom. The molecule has 0 aromatic heterocycles. The van der Waals surface area contributed by atoms with E-state index >= 15 is 0 Å². The molecule has 0 saturated heterocycles. The van der Waals surface area contributed by atoms with Gasteiger partial charge in [-0.2, -0.15) is 0 Å². The van der Waals surface area contributed by atoms with Crippen molar-refractivity contribution in [1.82, 2.24) is 4.90 Å². The molecular weight excluding hydrogens is 424 g/mol. The molecule has 0 atom stereocenters. The molecular formula is C25H28N2O4S. The van der Waals surface area contributed by atoms with Gasteiger partial charge in [0.15, 0.2) is 0 Å². The van der Waals surface area contributed by atoms with Gasteiger partial charge in [-0.15, -0.1) is 0 Å². The standard InChI is InChI=1S/C25H28N2O4S/c1-4-31-23-14-12-22(13-15-23)26-32(29,30)24-18-21(11-10-19(24)2)25(28)27(3)17-16-20-8-6-5-7-9-20/h5-15,18,26H,4,16-17H2,1-3H3. The minimum absolute atomic E-state index is 0.0775. The molecule has 0 bridgehead atoms. The molecule has 0 aliphatic carbocycles. The van der Waals surface area contributed by atoms with E-state index in [0.29, 0.717) is 35.7 Å². The van der Waals surface area contributed by atoms with Crippen molar-refractivity contribution in [2.45, 2.75) is 25.2 Å². The Morgan fingerprint density at radius 3 is 2.34 bits per heavy atom. The van der Waals surface area contributed by atoms with Gasteiger partial charge in [-0.05, 0) is 67.8 Å². The molecule has 1 N–H and O–H groups in total. The third-order valence-corrected chi connectivity index (χ3v) is 6.59. The van der Waals surface area contributed by atoms with Gasteiger partial charge in [0, 0.05) is 24.8 Å². The number of rotatable bonds is 9. The topological polar surface area (TPSA) is 75.7 Å². The number of ether oxygens (including phenoxy) is 1. The maximum atomic E-state index is 13.0. The van der Waals surface area contributed by atoms with Crippen LogP contribution in [0.25, 0.3) is 0 Å². The van der Waals surface area contributed by atoms with E-state index in [2.05, 4.69) is 4.72 Å². The van der Waals surface area contributed by atoms with Gasteiger partial charge >= 0.3 is 0 Å². The molecule has 0 radical (unpaired) electrons. The van der Waals surface area contributed by atoms with Crippen molar-refractivity contribution in [3.05, 3.63) is 89.5 Å². The van der Waals surface area contributed by atoms with E-state index in [1.807, 2.05) is 37.3 Å². The highest BCUT2D eigenvalue weighted by molar-refractivity contribution is 7.92. The fraction of sp³-hybridized carbons (Fsp3) is 0.240. The lowest BCUT2D eigenvalue weighted by atomic mass is 10.1. The van der Waals surface area contributed by atoms with Crippen LogP contribution in [0.15, 0.2) is 77.7 Å². The molecule has 32 heavy (non-hydrogen) atoms. The lowest BCUT2D eigenvalue weighted by Gasteiger charge is -2.18. The Balaban J connectivity index is 1.75. The molecule has 0 aliphatic rings. The lowest BCUT2D eigenvalue weighted by molar-refractivity contribution is 0.0796. The van der Waals surface area contributed by atoms with Crippen LogP contribution in [0.1, 0.15) is 28.4 Å². The zero-order valence-electron chi connectivity index (χ0n) is 18.5. The zero-order chi connectivity index (χ0) is 23.1. The van der Waals surface area contributed by atoms with Gasteiger partial charge in [-0.25, -0.2) is 8.42 Å². The highest BCUT2D eigenvalue weighted by atomic mass is 32.2. The van der Waals surface area contributed by atoms with E-state index in [0.717, 1.165) is 12.0 Å². The first-order valence-corrected chi connectivity index (χ1v) is 11.9. The maximum Gasteiger partial charge on any atom is 0.262 e. The predicted octanol–water partition coefficient (Wildman–Crippen LogP) is 4.51. The average Bonchev–Trinajstić information content (AvgIpc) is 2.79. The summed E-state index contributed by atoms with van der Waals surface area (Å²) in [7, 11) is -2.15. The van der Waals surface area contributed by atoms with Crippen LogP contribution < -0.4 is 9.46 Å². The van der Waals surface area contributed by atoms with E-state index in [1.54, 1.807) is 55.3 Å². The Morgan fingerprint density at radius 2 is 1.69 bits per heavy atom. The number of likely N-dealkylation sites (N-methyl/N-ethyl adjacent to an activating group) is 1. The van der Waals surface area contributed by atoms with Crippen LogP contribution in [0, 0.1) is 6.92 Å². The summed E-state index contributed by atoms with van der Waals surface area (Å²) in [5.41, 5.74) is 2.45. The SMILES string of the molecule is CCOc1ccc(NS(=O)(=O)c2cc(C(=O)N(C)CCc3ccccc3)ccc2C)cc1. The van der Waals surface area contributed by atoms with E-state index in [9.17, 15) is 13.2 Å². The van der Waals surface area contributed by atoms with Crippen molar-refractivity contribution >= 4 is 21.6 Å². The Bertz CT molecular complexity index is 1160. The van der Waals surface area contributed by atoms with Crippen molar-refractivity contribution in [2.75, 3.05) is 24.9 Å². The molecule has 0 unspecified atom stereocenters. The zero-order valence-corrected chi connectivity index (χ0v) is 19.4. The van der Waals surface area contributed by atoms with Gasteiger partial charge in [0.1, 0.15) is 5.75 Å². The number of nitrogens with zero attached hydrogens (tertiary/aromatic N) is 1. The van der Waals surface area contributed by atoms with Gasteiger partial charge in [-0.3, -0.25) is 9.52 Å². The second-order valence-electron chi connectivity index (χ2n) is 7.51. The van der Waals surface area contributed by atoms with Crippen molar-refractivity contribution < 1.29 is 17.9 Å². The van der Waals surface area contributed by atoms with Crippen LogP contribution in [0.4, 0.5) is 5.69 Å². The first-order valence-electron chi connectivity index (χ1n) is 10.5. The second-order valence-corrected chi connectivity index (χ2v) is 9.16. The fourth-order valence-corrected chi connectivity index (χ4v) is 4.61. The molecule has 3 rings (SSSR count). The van der Waals surface area contributed by atoms with Gasteiger partial charge < -0.3 is 9.64 Å². The van der Waals surface area contributed by atoms with Gasteiger partial charge in [0.2, 0.25) is 0 Å². The third kappa shape index (κ3) is 5.88. The highest BCUT2D eigenvalue weighted by Crippen LogP contribution is 2.23. The summed E-state index contributed by atoms with van der Waals surface area (Å²) < 4.78 is 34.0. The molecule has 0 spiro atoms. The monoisotopic (exact) mass is 452 g/mol. The van der Waals surface area contributed by atoms with E-state index < -0.39 is 10.0 Å². The smallest absolute Gasteiger partial charge is 0.262 e. The Hall–Kier alpha value is -3.32. The number of carbonyl (C=O) groups excluding carboxylic acids is 1. The molecule has 3 aromatic rings. The first-order chi connectivity index (χ1) is 15.3. The molecule has 6 nitrogen and oxygen atoms in total. The number of benzene rings is 3. The molecule has 0 aliphatic heterocycles. The second kappa shape index (κ2) is 10.3. The fourth-order valence-electron chi connectivity index (χ4n) is 3.28. The number of hydrogen-bond donors (Lipinski definition) is 1. The summed E-state index contributed by atoms with van der Waals surface area (Å²) in [6.07, 6.45) is 0.722. The normalized spacial score (nSPS) is 11.1. The van der Waals surface area contributed by atoms with E-state index in [1.165, 1.54) is 6.07 Å². The van der Waals surface area contributed by atoms with Crippen LogP contribution in [-0.2, 0) is 16.4 Å². The number of hydrogen-bond acceptors (Lipinski definition) is 4. The maximum absolute atomic E-state index is 13.0. The van der Waals surface area contributed by atoms with Crippen LogP contribution in [0.3, 0.4) is 0 Å². The molecule has 0 heterocycles. The number of sulfonamides is 1. The number of carbonyl (C=O) groups is 1. The molecule has 0 saturated carbocycles. The van der Waals surface area contributed by atoms with Crippen LogP contribution in [0.2, 0.25) is 0 Å². The quantitative estimate of drug-likeness (QED) is 0.518. The Labute approximate surface area is 189 Å². The summed E-state index contributed by atoms with van der Waals surface area (Å²) >= 11 is 0. The number of aryl methyl sites for hydroxylation is 1. The van der Waals surface area contributed by atoms with Gasteiger partial charge in [0.05, 0.1) is 11.5 Å². The predicted molar refractivity (Wildman–Crippen MR) is 127 cm³/mol. The molecule has 1 amide bonds. The molecule has 3 aromatic carbocycles. The minimum Gasteiger partial charge on any atom is -0.494 e. The van der Waals surface area contributed by atoms with Gasteiger partial charge in [0.25, 0.3) is 15.9 Å². The van der Waals surface area contributed by atoms with Crippen molar-refractivity contribution in [2.24, 2.45) is 0 Å². The molecule has 168 valence electrons. The van der Waals surface area contributed by atoms with Gasteiger partial charge in [-0.1, -0.05) is 36.4 Å².